The first-order valence-electron chi connectivity index (χ1n) is 9.10. The van der Waals surface area contributed by atoms with E-state index in [2.05, 4.69) is 14.7 Å². The monoisotopic (exact) mass is 447 g/mol. The fraction of sp³-hybridized carbons (Fsp3) is 0.238. The topological polar surface area (TPSA) is 101 Å². The first kappa shape index (κ1) is 21.9. The number of nitrogens with one attached hydrogen (secondary N) is 2. The predicted molar refractivity (Wildman–Crippen MR) is 117 cm³/mol. The van der Waals surface area contributed by atoms with E-state index >= 15 is 0 Å². The number of carbonyl (C=O) groups excluding carboxylic acids is 1. The molecule has 0 fully saturated rings. The summed E-state index contributed by atoms with van der Waals surface area (Å²) in [5.41, 5.74) is 3.49. The third-order valence-electron chi connectivity index (χ3n) is 4.66. The maximum atomic E-state index is 12.9. The third kappa shape index (κ3) is 4.83. The molecule has 0 spiro atoms. The lowest BCUT2D eigenvalue weighted by molar-refractivity contribution is 0.103. The molecule has 0 saturated heterocycles. The Morgan fingerprint density at radius 1 is 1.23 bits per heavy atom. The zero-order valence-electron chi connectivity index (χ0n) is 17.0. The van der Waals surface area contributed by atoms with Crippen LogP contribution in [0.3, 0.4) is 0 Å². The molecule has 1 atom stereocenters. The molecule has 0 amide bonds. The SMILES string of the molecule is COc1ccc(C(=O)c2[nH]c(C(C)c3ncc(NS(C)(=O)=O)cc3Cl)cc2C)cc1. The molecule has 7 nitrogen and oxygen atoms in total. The van der Waals surface area contributed by atoms with Crippen molar-refractivity contribution in [1.82, 2.24) is 9.97 Å². The number of methoxy groups -OCH3 is 1. The number of aryl methyl sites for hydroxylation is 1. The van der Waals surface area contributed by atoms with Crippen molar-refractivity contribution in [1.29, 1.82) is 0 Å². The summed E-state index contributed by atoms with van der Waals surface area (Å²) in [4.78, 5) is 20.4. The summed E-state index contributed by atoms with van der Waals surface area (Å²) < 4.78 is 30.2. The minimum atomic E-state index is -3.42. The molecule has 2 N–H and O–H groups in total. The van der Waals surface area contributed by atoms with Crippen LogP contribution in [0, 0.1) is 6.92 Å². The van der Waals surface area contributed by atoms with Gasteiger partial charge in [-0.3, -0.25) is 14.5 Å². The Kier molecular flexibility index (Phi) is 6.19. The maximum Gasteiger partial charge on any atom is 0.229 e. The second-order valence-corrected chi connectivity index (χ2v) is 9.18. The first-order valence-corrected chi connectivity index (χ1v) is 11.4. The van der Waals surface area contributed by atoms with Crippen molar-refractivity contribution in [3.63, 3.8) is 0 Å². The van der Waals surface area contributed by atoms with Crippen molar-refractivity contribution in [2.24, 2.45) is 0 Å². The second-order valence-electron chi connectivity index (χ2n) is 7.03. The summed E-state index contributed by atoms with van der Waals surface area (Å²) >= 11 is 6.35. The summed E-state index contributed by atoms with van der Waals surface area (Å²) in [7, 11) is -1.85. The number of rotatable bonds is 7. The van der Waals surface area contributed by atoms with Crippen LogP contribution in [0.5, 0.6) is 5.75 Å². The fourth-order valence-corrected chi connectivity index (χ4v) is 3.99. The minimum Gasteiger partial charge on any atom is -0.497 e. The Balaban J connectivity index is 1.87. The number of carbonyl (C=O) groups is 1. The number of hydrogen-bond donors (Lipinski definition) is 2. The van der Waals surface area contributed by atoms with E-state index < -0.39 is 10.0 Å². The van der Waals surface area contributed by atoms with E-state index in [9.17, 15) is 13.2 Å². The maximum absolute atomic E-state index is 12.9. The molecule has 3 aromatic rings. The van der Waals surface area contributed by atoms with Gasteiger partial charge in [0.1, 0.15) is 5.75 Å². The number of pyridine rings is 1. The highest BCUT2D eigenvalue weighted by molar-refractivity contribution is 7.92. The Labute approximate surface area is 180 Å². The Morgan fingerprint density at radius 2 is 1.90 bits per heavy atom. The number of ketones is 1. The number of sulfonamides is 1. The van der Waals surface area contributed by atoms with Gasteiger partial charge in [0.2, 0.25) is 15.8 Å². The lowest BCUT2D eigenvalue weighted by atomic mass is 10.0. The zero-order valence-corrected chi connectivity index (χ0v) is 18.6. The number of aromatic amines is 1. The summed E-state index contributed by atoms with van der Waals surface area (Å²) in [6.07, 6.45) is 2.47. The lowest BCUT2D eigenvalue weighted by Crippen LogP contribution is -2.10. The van der Waals surface area contributed by atoms with E-state index in [1.54, 1.807) is 31.4 Å². The van der Waals surface area contributed by atoms with Gasteiger partial charge in [-0.15, -0.1) is 0 Å². The molecule has 0 aliphatic heterocycles. The van der Waals surface area contributed by atoms with Gasteiger partial charge < -0.3 is 9.72 Å². The summed E-state index contributed by atoms with van der Waals surface area (Å²) in [5, 5.41) is 0.325. The molecule has 0 aliphatic carbocycles. The minimum absolute atomic E-state index is 0.125. The van der Waals surface area contributed by atoms with Gasteiger partial charge in [-0.25, -0.2) is 8.42 Å². The summed E-state index contributed by atoms with van der Waals surface area (Å²) in [6.45, 7) is 3.77. The number of anilines is 1. The van der Waals surface area contributed by atoms with Crippen molar-refractivity contribution >= 4 is 33.1 Å². The Hall–Kier alpha value is -2.84. The van der Waals surface area contributed by atoms with Crippen molar-refractivity contribution in [3.8, 4) is 5.75 Å². The van der Waals surface area contributed by atoms with Gasteiger partial charge in [0.05, 0.1) is 41.7 Å². The molecule has 9 heteroatoms. The fourth-order valence-electron chi connectivity index (χ4n) is 3.12. The van der Waals surface area contributed by atoms with Gasteiger partial charge in [-0.05, 0) is 48.9 Å². The van der Waals surface area contributed by atoms with Gasteiger partial charge in [0.25, 0.3) is 0 Å². The number of aromatic nitrogens is 2. The highest BCUT2D eigenvalue weighted by Gasteiger charge is 2.21. The molecule has 30 heavy (non-hydrogen) atoms. The number of benzene rings is 1. The van der Waals surface area contributed by atoms with Gasteiger partial charge in [0.15, 0.2) is 0 Å². The van der Waals surface area contributed by atoms with Crippen LogP contribution >= 0.6 is 11.6 Å². The Morgan fingerprint density at radius 3 is 2.47 bits per heavy atom. The van der Waals surface area contributed by atoms with Crippen LogP contribution in [0.25, 0.3) is 0 Å². The van der Waals surface area contributed by atoms with E-state index in [4.69, 9.17) is 16.3 Å². The highest BCUT2D eigenvalue weighted by Crippen LogP contribution is 2.31. The van der Waals surface area contributed by atoms with E-state index in [0.717, 1.165) is 17.5 Å². The van der Waals surface area contributed by atoms with Gasteiger partial charge in [0, 0.05) is 17.2 Å². The number of ether oxygens (including phenoxy) is 1. The normalized spacial score (nSPS) is 12.4. The molecule has 1 aromatic carbocycles. The van der Waals surface area contributed by atoms with Gasteiger partial charge >= 0.3 is 0 Å². The van der Waals surface area contributed by atoms with Crippen LogP contribution in [-0.2, 0) is 10.0 Å². The molecule has 2 heterocycles. The number of hydrogen-bond acceptors (Lipinski definition) is 5. The molecule has 3 rings (SSSR count). The molecule has 0 radical (unpaired) electrons. The van der Waals surface area contributed by atoms with Crippen LogP contribution in [0.4, 0.5) is 5.69 Å². The molecular formula is C21H22ClN3O4S. The largest absolute Gasteiger partial charge is 0.497 e. The lowest BCUT2D eigenvalue weighted by Gasteiger charge is -2.13. The third-order valence-corrected chi connectivity index (χ3v) is 5.57. The van der Waals surface area contributed by atoms with Crippen LogP contribution < -0.4 is 9.46 Å². The average molecular weight is 448 g/mol. The molecule has 0 bridgehead atoms. The van der Waals surface area contributed by atoms with Crippen LogP contribution in [0.15, 0.2) is 42.6 Å². The van der Waals surface area contributed by atoms with Crippen LogP contribution in [0.2, 0.25) is 5.02 Å². The van der Waals surface area contributed by atoms with E-state index in [-0.39, 0.29) is 17.4 Å². The number of halogens is 1. The standard InChI is InChI=1S/C21H22ClN3O4S/c1-12-9-18(24-19(12)21(26)14-5-7-16(29-3)8-6-14)13(2)20-17(22)10-15(11-23-20)25-30(4,27)28/h5-11,13,24-25H,1-4H3. The van der Waals surface area contributed by atoms with Crippen molar-refractivity contribution in [2.75, 3.05) is 18.1 Å². The summed E-state index contributed by atoms with van der Waals surface area (Å²) in [5.74, 6) is 0.319. The van der Waals surface area contributed by atoms with Crippen LogP contribution in [0.1, 0.15) is 45.8 Å². The Bertz CT molecular complexity index is 1190. The molecule has 2 aromatic heterocycles. The highest BCUT2D eigenvalue weighted by atomic mass is 35.5. The molecule has 0 saturated carbocycles. The number of nitrogens with zero attached hydrogens (tertiary/aromatic N) is 1. The predicted octanol–water partition coefficient (Wildman–Crippen LogP) is 4.13. The quantitative estimate of drug-likeness (QED) is 0.530. The van der Waals surface area contributed by atoms with E-state index in [1.807, 2.05) is 19.9 Å². The van der Waals surface area contributed by atoms with Crippen molar-refractivity contribution in [2.45, 2.75) is 19.8 Å². The second kappa shape index (κ2) is 8.49. The van der Waals surface area contributed by atoms with E-state index in [0.29, 0.717) is 27.7 Å². The van der Waals surface area contributed by atoms with E-state index in [1.165, 1.54) is 12.3 Å². The molecule has 158 valence electrons. The average Bonchev–Trinajstić information content (AvgIpc) is 3.07. The molecule has 0 aliphatic rings. The van der Waals surface area contributed by atoms with Crippen LogP contribution in [-0.4, -0.2) is 37.5 Å². The van der Waals surface area contributed by atoms with Crippen molar-refractivity contribution < 1.29 is 17.9 Å². The first-order chi connectivity index (χ1) is 14.1. The van der Waals surface area contributed by atoms with Gasteiger partial charge in [-0.2, -0.15) is 0 Å². The van der Waals surface area contributed by atoms with Gasteiger partial charge in [-0.1, -0.05) is 18.5 Å². The zero-order chi connectivity index (χ0) is 22.1. The molecular weight excluding hydrogens is 426 g/mol. The number of H-pyrrole nitrogens is 1. The summed E-state index contributed by atoms with van der Waals surface area (Å²) in [6, 6.07) is 10.3. The molecule has 1 unspecified atom stereocenters. The smallest absolute Gasteiger partial charge is 0.229 e. The van der Waals surface area contributed by atoms with Crippen molar-refractivity contribution in [3.05, 3.63) is 75.8 Å².